The molecule has 370 valence electrons. The van der Waals surface area contributed by atoms with E-state index in [1.807, 2.05) is 0 Å². The van der Waals surface area contributed by atoms with Crippen LogP contribution in [0.25, 0.3) is 0 Å². The summed E-state index contributed by atoms with van der Waals surface area (Å²) in [5, 5.41) is 2.68. The van der Waals surface area contributed by atoms with Gasteiger partial charge in [-0.2, -0.15) is 18.7 Å². The van der Waals surface area contributed by atoms with Gasteiger partial charge in [0.2, 0.25) is 0 Å². The molecule has 0 aliphatic heterocycles. The second-order valence-electron chi connectivity index (χ2n) is 13.7. The topological polar surface area (TPSA) is 266 Å². The van der Waals surface area contributed by atoms with Gasteiger partial charge in [-0.1, -0.05) is 0 Å². The fraction of sp³-hybridized carbons (Fsp3) is 0.756. The Morgan fingerprint density at radius 2 is 0.797 bits per heavy atom. The molecule has 0 fully saturated rings. The Hall–Kier alpha value is -3.59. The molecule has 23 heteroatoms. The summed E-state index contributed by atoms with van der Waals surface area (Å²) in [5.41, 5.74) is 17.1. The number of halogens is 3. The van der Waals surface area contributed by atoms with Crippen LogP contribution in [0.4, 0.5) is 13.2 Å². The zero-order valence-electron chi connectivity index (χ0n) is 37.0. The van der Waals surface area contributed by atoms with Crippen LogP contribution in [0.15, 0.2) is 18.2 Å². The number of hydrogen-bond acceptors (Lipinski definition) is 17. The number of carbonyl (C=O) groups is 4. The maximum absolute atomic E-state index is 14.1. The van der Waals surface area contributed by atoms with Gasteiger partial charge < -0.3 is 74.9 Å². The van der Waals surface area contributed by atoms with E-state index in [1.54, 1.807) is 0 Å². The van der Waals surface area contributed by atoms with Gasteiger partial charge >= 0.3 is 12.1 Å². The molecule has 0 saturated carbocycles. The maximum atomic E-state index is 14.1. The van der Waals surface area contributed by atoms with Crippen molar-refractivity contribution in [1.82, 2.24) is 15.7 Å². The van der Waals surface area contributed by atoms with Gasteiger partial charge in [-0.05, 0) is 76.4 Å². The van der Waals surface area contributed by atoms with Crippen LogP contribution < -0.4 is 28.0 Å². The highest BCUT2D eigenvalue weighted by atomic mass is 19.4. The Balaban J connectivity index is 2.94. The number of amides is 3. The van der Waals surface area contributed by atoms with Gasteiger partial charge in [0, 0.05) is 76.0 Å². The summed E-state index contributed by atoms with van der Waals surface area (Å²) in [5.74, 6) is -5.25. The van der Waals surface area contributed by atoms with E-state index in [9.17, 15) is 32.3 Å². The Bertz CT molecular complexity index is 1340. The summed E-state index contributed by atoms with van der Waals surface area (Å²) in [4.78, 5) is 57.0. The minimum atomic E-state index is -5.39. The number of ether oxygens (including phenoxy) is 9. The molecule has 0 heterocycles. The van der Waals surface area contributed by atoms with Gasteiger partial charge in [0.15, 0.2) is 0 Å². The van der Waals surface area contributed by atoms with E-state index in [0.29, 0.717) is 138 Å². The van der Waals surface area contributed by atoms with Gasteiger partial charge in [0.1, 0.15) is 0 Å². The van der Waals surface area contributed by atoms with Gasteiger partial charge in [0.25, 0.3) is 17.7 Å². The van der Waals surface area contributed by atoms with Gasteiger partial charge in [0.05, 0.1) is 79.3 Å². The lowest BCUT2D eigenvalue weighted by Crippen LogP contribution is -2.36. The van der Waals surface area contributed by atoms with Crippen molar-refractivity contribution in [2.24, 2.45) is 17.2 Å². The van der Waals surface area contributed by atoms with Crippen LogP contribution in [-0.2, 0) is 52.3 Å². The van der Waals surface area contributed by atoms with E-state index in [2.05, 4.69) is 10.2 Å². The monoisotopic (exact) mass is 928 g/mol. The molecule has 64 heavy (non-hydrogen) atoms. The summed E-state index contributed by atoms with van der Waals surface area (Å²) in [6, 6.07) is 3.41. The summed E-state index contributed by atoms with van der Waals surface area (Å²) < 4.78 is 87.8. The largest absolute Gasteiger partial charge is 0.493 e. The SMILES string of the molecule is NCCCOCCOCCOCCCNC(=O)c1cc(C(=O)NOC(=O)C(F)(F)F)cc(C(=O)N(CCCOCCOCCOCCCN)CCCOCCOCCOCCCN)c1. The summed E-state index contributed by atoms with van der Waals surface area (Å²) in [7, 11) is 0. The average molecular weight is 929 g/mol. The Kier molecular flexibility index (Phi) is 36.3. The number of nitrogens with one attached hydrogen (secondary N) is 2. The van der Waals surface area contributed by atoms with Gasteiger partial charge in [-0.25, -0.2) is 4.79 Å². The van der Waals surface area contributed by atoms with Crippen LogP contribution >= 0.6 is 0 Å². The Morgan fingerprint density at radius 3 is 1.17 bits per heavy atom. The Morgan fingerprint density at radius 1 is 0.469 bits per heavy atom. The molecule has 1 aromatic rings. The van der Waals surface area contributed by atoms with Crippen LogP contribution in [0.2, 0.25) is 0 Å². The van der Waals surface area contributed by atoms with Gasteiger partial charge in [-0.15, -0.1) is 0 Å². The molecule has 1 aromatic carbocycles. The first-order valence-corrected chi connectivity index (χ1v) is 21.7. The number of hydroxylamine groups is 1. The molecule has 0 unspecified atom stereocenters. The highest BCUT2D eigenvalue weighted by molar-refractivity contribution is 6.04. The molecular formula is C41H71F3N6O14. The lowest BCUT2D eigenvalue weighted by Gasteiger charge is -2.23. The number of alkyl halides is 3. The predicted molar refractivity (Wildman–Crippen MR) is 227 cm³/mol. The molecule has 20 nitrogen and oxygen atoms in total. The number of nitrogens with zero attached hydrogens (tertiary/aromatic N) is 1. The van der Waals surface area contributed by atoms with E-state index < -0.39 is 35.4 Å². The third-order valence-electron chi connectivity index (χ3n) is 8.35. The zero-order valence-corrected chi connectivity index (χ0v) is 37.0. The third kappa shape index (κ3) is 31.3. The van der Waals surface area contributed by atoms with Crippen molar-refractivity contribution >= 4 is 23.7 Å². The first kappa shape index (κ1) is 58.4. The van der Waals surface area contributed by atoms with Crippen molar-refractivity contribution in [3.63, 3.8) is 0 Å². The van der Waals surface area contributed by atoms with Crippen molar-refractivity contribution < 1.29 is 79.8 Å². The van der Waals surface area contributed by atoms with E-state index in [-0.39, 0.29) is 50.6 Å². The molecule has 0 radical (unpaired) electrons. The first-order chi connectivity index (χ1) is 31.0. The Labute approximate surface area is 373 Å². The van der Waals surface area contributed by atoms with Crippen LogP contribution in [-0.4, -0.2) is 193 Å². The minimum Gasteiger partial charge on any atom is -0.379 e. The lowest BCUT2D eigenvalue weighted by atomic mass is 10.0. The van der Waals surface area contributed by atoms with E-state index in [0.717, 1.165) is 31.4 Å². The number of nitrogens with two attached hydrogens (primary N) is 3. The summed E-state index contributed by atoms with van der Waals surface area (Å²) >= 11 is 0. The average Bonchev–Trinajstić information content (AvgIpc) is 3.28. The highest BCUT2D eigenvalue weighted by Gasteiger charge is 2.42. The molecule has 0 spiro atoms. The minimum absolute atomic E-state index is 0.126. The first-order valence-electron chi connectivity index (χ1n) is 21.7. The summed E-state index contributed by atoms with van der Waals surface area (Å²) in [6.07, 6.45) is -1.90. The highest BCUT2D eigenvalue weighted by Crippen LogP contribution is 2.17. The molecule has 0 aromatic heterocycles. The second kappa shape index (κ2) is 39.7. The number of carbonyl (C=O) groups excluding carboxylic acids is 4. The zero-order chi connectivity index (χ0) is 46.9. The van der Waals surface area contributed by atoms with E-state index in [4.69, 9.17) is 59.8 Å². The van der Waals surface area contributed by atoms with Crippen molar-refractivity contribution in [2.45, 2.75) is 44.7 Å². The molecular weight excluding hydrogens is 857 g/mol. The normalized spacial score (nSPS) is 11.5. The number of benzene rings is 1. The molecule has 0 bridgehead atoms. The van der Waals surface area contributed by atoms with Crippen molar-refractivity contribution in [2.75, 3.05) is 158 Å². The van der Waals surface area contributed by atoms with Crippen molar-refractivity contribution in [3.05, 3.63) is 34.9 Å². The molecule has 0 aliphatic carbocycles. The maximum Gasteiger partial charge on any atom is 0.493 e. The number of rotatable bonds is 42. The molecule has 0 atom stereocenters. The smallest absolute Gasteiger partial charge is 0.379 e. The third-order valence-corrected chi connectivity index (χ3v) is 8.35. The fourth-order valence-electron chi connectivity index (χ4n) is 5.10. The second-order valence-corrected chi connectivity index (χ2v) is 13.7. The lowest BCUT2D eigenvalue weighted by molar-refractivity contribution is -0.204. The van der Waals surface area contributed by atoms with E-state index in [1.165, 1.54) is 16.4 Å². The predicted octanol–water partition coefficient (Wildman–Crippen LogP) is 0.975. The molecule has 0 aliphatic rings. The van der Waals surface area contributed by atoms with Crippen LogP contribution in [0.1, 0.15) is 69.6 Å². The van der Waals surface area contributed by atoms with Crippen molar-refractivity contribution in [1.29, 1.82) is 0 Å². The van der Waals surface area contributed by atoms with E-state index >= 15 is 0 Å². The van der Waals surface area contributed by atoms with Crippen LogP contribution in [0.5, 0.6) is 0 Å². The molecule has 3 amide bonds. The fourth-order valence-corrected chi connectivity index (χ4v) is 5.10. The van der Waals surface area contributed by atoms with Crippen molar-refractivity contribution in [3.8, 4) is 0 Å². The molecule has 0 saturated heterocycles. The van der Waals surface area contributed by atoms with Crippen LogP contribution in [0.3, 0.4) is 0 Å². The quantitative estimate of drug-likeness (QED) is 0.0452. The van der Waals surface area contributed by atoms with Crippen LogP contribution in [0, 0.1) is 0 Å². The molecule has 1 rings (SSSR count). The van der Waals surface area contributed by atoms with Gasteiger partial charge in [-0.3, -0.25) is 14.4 Å². The molecule has 8 N–H and O–H groups in total. The standard InChI is InChI=1S/C41H71F3N6O14/c42-41(43,44)40(54)64-49-38(52)35-31-34(37(51)48-10-4-16-58-22-28-61-25-19-55-13-1-7-45)32-36(33-35)39(53)50(11-5-17-59-23-29-62-26-20-56-14-2-8-46)12-6-18-60-24-30-63-27-21-57-15-3-9-47/h31-33H,1-30,45-47H2,(H,48,51)(H,49,52). The summed E-state index contributed by atoms with van der Waals surface area (Å²) in [6.45, 7) is 9.11. The number of hydrogen-bond donors (Lipinski definition) is 5.